The zero-order valence-corrected chi connectivity index (χ0v) is 21.1. The second-order valence-electron chi connectivity index (χ2n) is 9.49. The first-order chi connectivity index (χ1) is 16.9. The minimum Gasteiger partial charge on any atom is -0.388 e. The number of nitrogens with zero attached hydrogens (tertiary/aromatic N) is 3. The van der Waals surface area contributed by atoms with Gasteiger partial charge in [0.25, 0.3) is 0 Å². The Morgan fingerprint density at radius 3 is 2.60 bits per heavy atom. The van der Waals surface area contributed by atoms with E-state index in [1.54, 1.807) is 4.90 Å². The highest BCUT2D eigenvalue weighted by Crippen LogP contribution is 2.26. The number of methoxy groups -OCH3 is 1. The van der Waals surface area contributed by atoms with Gasteiger partial charge in [0.1, 0.15) is 18.3 Å². The maximum absolute atomic E-state index is 13.3. The number of hydrogen-bond donors (Lipinski definition) is 2. The molecule has 1 fully saturated rings. The number of rotatable bonds is 3. The molecule has 0 radical (unpaired) electrons. The molecule has 3 rings (SSSR count). The molecule has 9 nitrogen and oxygen atoms in total. The van der Waals surface area contributed by atoms with Gasteiger partial charge in [0.15, 0.2) is 0 Å². The van der Waals surface area contributed by atoms with Gasteiger partial charge in [-0.05, 0) is 50.3 Å². The van der Waals surface area contributed by atoms with Crippen LogP contribution in [-0.4, -0.2) is 110 Å². The summed E-state index contributed by atoms with van der Waals surface area (Å²) in [5.41, 5.74) is 2.23. The highest BCUT2D eigenvalue weighted by Gasteiger charge is 2.29. The Balaban J connectivity index is 1.66. The lowest BCUT2D eigenvalue weighted by molar-refractivity contribution is -0.136. The lowest BCUT2D eigenvalue weighted by Crippen LogP contribution is -2.48. The fourth-order valence-corrected chi connectivity index (χ4v) is 4.83. The Morgan fingerprint density at radius 2 is 1.83 bits per heavy atom. The molecule has 9 heteroatoms. The zero-order valence-electron chi connectivity index (χ0n) is 21.1. The summed E-state index contributed by atoms with van der Waals surface area (Å²) in [5, 5.41) is 20.8. The van der Waals surface area contributed by atoms with Crippen LogP contribution in [0.15, 0.2) is 24.3 Å². The summed E-state index contributed by atoms with van der Waals surface area (Å²) >= 11 is 0. The van der Waals surface area contributed by atoms with E-state index in [9.17, 15) is 19.8 Å². The smallest absolute Gasteiger partial charge is 0.241 e. The highest BCUT2D eigenvalue weighted by atomic mass is 16.5. The van der Waals surface area contributed by atoms with Crippen LogP contribution >= 0.6 is 0 Å². The maximum atomic E-state index is 13.3. The van der Waals surface area contributed by atoms with Crippen molar-refractivity contribution >= 4 is 17.5 Å². The maximum Gasteiger partial charge on any atom is 0.241 e. The van der Waals surface area contributed by atoms with Gasteiger partial charge in [-0.15, -0.1) is 0 Å². The van der Waals surface area contributed by atoms with Gasteiger partial charge in [-0.2, -0.15) is 0 Å². The van der Waals surface area contributed by atoms with E-state index < -0.39 is 18.3 Å². The average molecular weight is 492 g/mol. The second-order valence-corrected chi connectivity index (χ2v) is 9.49. The number of hydrogen-bond acceptors (Lipinski definition) is 7. The number of aliphatic hydroxyl groups is 2. The molecule has 0 unspecified atom stereocenters. The van der Waals surface area contributed by atoms with Gasteiger partial charge >= 0.3 is 0 Å². The molecule has 0 aromatic heterocycles. The van der Waals surface area contributed by atoms with Crippen LogP contribution in [0.2, 0.25) is 0 Å². The van der Waals surface area contributed by atoms with Gasteiger partial charge in [-0.25, -0.2) is 0 Å². The van der Waals surface area contributed by atoms with Crippen molar-refractivity contribution in [1.82, 2.24) is 9.80 Å². The number of anilines is 1. The molecular formula is C26H41N3O6. The van der Waals surface area contributed by atoms with E-state index in [0.29, 0.717) is 32.7 Å². The molecule has 0 bridgehead atoms. The standard InChI is InChI=1S/C26H41N3O6/c1-20(30)28-14-8-13-27(12-5-6-16-35-19-23(31)26(33)24(17-28)34-2)18-25(32)29-15-7-10-21-9-3-4-11-22(21)29/h3-4,9,11,23-24,26,31,33H,5-8,10,12-19H2,1-2H3/t23-,24-,26-/m0/s1. The lowest BCUT2D eigenvalue weighted by atomic mass is 10.0. The Labute approximate surface area is 208 Å². The molecule has 0 aliphatic carbocycles. The number of carbonyl (C=O) groups is 2. The quantitative estimate of drug-likeness (QED) is 0.652. The van der Waals surface area contributed by atoms with Crippen molar-refractivity contribution in [2.75, 3.05) is 64.5 Å². The molecule has 1 saturated heterocycles. The van der Waals surface area contributed by atoms with Crippen LogP contribution in [0.3, 0.4) is 0 Å². The number of amides is 2. The van der Waals surface area contributed by atoms with Crippen molar-refractivity contribution in [3.05, 3.63) is 29.8 Å². The van der Waals surface area contributed by atoms with Gasteiger partial charge in [-0.1, -0.05) is 18.2 Å². The lowest BCUT2D eigenvalue weighted by Gasteiger charge is -2.32. The predicted octanol–water partition coefficient (Wildman–Crippen LogP) is 1.05. The molecule has 35 heavy (non-hydrogen) atoms. The first-order valence-electron chi connectivity index (χ1n) is 12.7. The number of aryl methyl sites for hydroxylation is 1. The van der Waals surface area contributed by atoms with Crippen LogP contribution in [0, 0.1) is 0 Å². The first kappa shape index (κ1) is 27.5. The summed E-state index contributed by atoms with van der Waals surface area (Å²) in [7, 11) is 1.46. The van der Waals surface area contributed by atoms with Crippen molar-refractivity contribution in [2.45, 2.75) is 57.3 Å². The van der Waals surface area contributed by atoms with Crippen molar-refractivity contribution < 1.29 is 29.3 Å². The van der Waals surface area contributed by atoms with Crippen molar-refractivity contribution in [3.63, 3.8) is 0 Å². The van der Waals surface area contributed by atoms with E-state index in [0.717, 1.165) is 44.5 Å². The SMILES string of the molecule is CO[C@H]1CN(C(C)=O)CCCN(CC(=O)N2CCCc3ccccc32)CCCCOC[C@H](O)[C@@H]1O. The van der Waals surface area contributed by atoms with Crippen LogP contribution in [-0.2, 0) is 25.5 Å². The summed E-state index contributed by atoms with van der Waals surface area (Å²) in [6, 6.07) is 8.11. The zero-order chi connectivity index (χ0) is 25.2. The minimum absolute atomic E-state index is 0.00231. The third-order valence-corrected chi connectivity index (χ3v) is 6.90. The largest absolute Gasteiger partial charge is 0.388 e. The fourth-order valence-electron chi connectivity index (χ4n) is 4.83. The summed E-state index contributed by atoms with van der Waals surface area (Å²) in [5.74, 6) is -0.0257. The first-order valence-corrected chi connectivity index (χ1v) is 12.7. The van der Waals surface area contributed by atoms with Crippen LogP contribution in [0.4, 0.5) is 5.69 Å². The molecule has 2 aliphatic heterocycles. The van der Waals surface area contributed by atoms with Crippen LogP contribution < -0.4 is 4.90 Å². The van der Waals surface area contributed by atoms with E-state index in [1.807, 2.05) is 23.1 Å². The number of carbonyl (C=O) groups excluding carboxylic acids is 2. The van der Waals surface area contributed by atoms with Crippen molar-refractivity contribution in [1.29, 1.82) is 0 Å². The van der Waals surface area contributed by atoms with Gasteiger partial charge < -0.3 is 29.5 Å². The number of benzene rings is 1. The van der Waals surface area contributed by atoms with Gasteiger partial charge in [0.05, 0.1) is 13.2 Å². The summed E-state index contributed by atoms with van der Waals surface area (Å²) in [6.07, 6.45) is 1.30. The molecule has 3 atom stereocenters. The molecule has 1 aromatic rings. The molecule has 2 N–H and O–H groups in total. The normalized spacial score (nSPS) is 25.9. The molecule has 0 saturated carbocycles. The number of ether oxygens (including phenoxy) is 2. The molecule has 196 valence electrons. The van der Waals surface area contributed by atoms with E-state index in [2.05, 4.69) is 11.0 Å². The third-order valence-electron chi connectivity index (χ3n) is 6.90. The van der Waals surface area contributed by atoms with Crippen LogP contribution in [0.5, 0.6) is 0 Å². The van der Waals surface area contributed by atoms with Crippen molar-refractivity contribution in [3.8, 4) is 0 Å². The van der Waals surface area contributed by atoms with Crippen LogP contribution in [0.1, 0.15) is 38.2 Å². The minimum atomic E-state index is -1.16. The number of aliphatic hydroxyl groups excluding tert-OH is 2. The van der Waals surface area contributed by atoms with E-state index in [1.165, 1.54) is 19.6 Å². The molecule has 1 aromatic carbocycles. The van der Waals surface area contributed by atoms with E-state index >= 15 is 0 Å². The van der Waals surface area contributed by atoms with Gasteiger partial charge in [0.2, 0.25) is 11.8 Å². The van der Waals surface area contributed by atoms with Gasteiger partial charge in [-0.3, -0.25) is 14.5 Å². The monoisotopic (exact) mass is 491 g/mol. The fraction of sp³-hybridized carbons (Fsp3) is 0.692. The third kappa shape index (κ3) is 7.98. The Bertz CT molecular complexity index is 822. The average Bonchev–Trinajstić information content (AvgIpc) is 2.86. The highest BCUT2D eigenvalue weighted by molar-refractivity contribution is 5.95. The predicted molar refractivity (Wildman–Crippen MR) is 133 cm³/mol. The number of para-hydroxylation sites is 1. The van der Waals surface area contributed by atoms with E-state index in [-0.39, 0.29) is 25.0 Å². The Hall–Kier alpha value is -2.04. The summed E-state index contributed by atoms with van der Waals surface area (Å²) < 4.78 is 11.0. The van der Waals surface area contributed by atoms with Crippen LogP contribution in [0.25, 0.3) is 0 Å². The van der Waals surface area contributed by atoms with E-state index in [4.69, 9.17) is 9.47 Å². The molecule has 2 aliphatic rings. The molecule has 2 heterocycles. The summed E-state index contributed by atoms with van der Waals surface area (Å²) in [4.78, 5) is 31.3. The van der Waals surface area contributed by atoms with Crippen molar-refractivity contribution in [2.24, 2.45) is 0 Å². The molecular weight excluding hydrogens is 450 g/mol. The molecule has 0 spiro atoms. The number of fused-ring (bicyclic) bond motifs is 1. The Morgan fingerprint density at radius 1 is 1.06 bits per heavy atom. The Kier molecular flexibility index (Phi) is 10.9. The van der Waals surface area contributed by atoms with Gasteiger partial charge in [0, 0.05) is 52.5 Å². The second kappa shape index (κ2) is 13.9. The molecule has 2 amide bonds. The topological polar surface area (TPSA) is 103 Å². The summed E-state index contributed by atoms with van der Waals surface area (Å²) in [6.45, 7) is 5.08.